The van der Waals surface area contributed by atoms with E-state index in [2.05, 4.69) is 36.2 Å². The van der Waals surface area contributed by atoms with Crippen LogP contribution in [0.5, 0.6) is 0 Å². The van der Waals surface area contributed by atoms with Gasteiger partial charge in [-0.15, -0.1) is 0 Å². The van der Waals surface area contributed by atoms with E-state index in [4.69, 9.17) is 0 Å². The fourth-order valence-corrected chi connectivity index (χ4v) is 4.03. The average molecular weight is 206 g/mol. The zero-order valence-electron chi connectivity index (χ0n) is 5.83. The summed E-state index contributed by atoms with van der Waals surface area (Å²) in [7, 11) is 0. The van der Waals surface area contributed by atoms with Crippen molar-refractivity contribution in [2.24, 2.45) is 4.99 Å². The molecule has 0 aliphatic carbocycles. The standard InChI is InChI=1S/C8H7N.Y/c1-2-9-8-6-4-3-5-7-8;/h3-6H,1H3;. The Balaban J connectivity index is 2.54. The molecule has 2 rings (SSSR count). The van der Waals surface area contributed by atoms with Crippen LogP contribution in [0.4, 0.5) is 5.69 Å². The number of hydrogen-bond donors (Lipinski definition) is 0. The number of benzene rings is 1. The maximum absolute atomic E-state index is 4.45. The zero-order chi connectivity index (χ0) is 6.97. The van der Waals surface area contributed by atoms with Gasteiger partial charge in [0, 0.05) is 0 Å². The monoisotopic (exact) mass is 206 g/mol. The number of aliphatic imine (C=N–C) groups is 1. The van der Waals surface area contributed by atoms with Crippen molar-refractivity contribution >= 4 is 10.6 Å². The molecule has 0 bridgehead atoms. The molecule has 0 fully saturated rings. The predicted molar refractivity (Wildman–Crippen MR) is 38.8 cm³/mol. The van der Waals surface area contributed by atoms with Gasteiger partial charge in [0.2, 0.25) is 0 Å². The number of rotatable bonds is 0. The summed E-state index contributed by atoms with van der Waals surface area (Å²) in [6, 6.07) is 8.50. The molecule has 1 aliphatic heterocycles. The SMILES string of the molecule is C[C]1=Nc2cccc[c]2[Y]1. The van der Waals surface area contributed by atoms with Gasteiger partial charge in [0.1, 0.15) is 0 Å². The minimum atomic E-state index is -0.565. The first kappa shape index (κ1) is 6.69. The van der Waals surface area contributed by atoms with Crippen molar-refractivity contribution in [3.05, 3.63) is 24.3 Å². The molecular weight excluding hydrogens is 199 g/mol. The summed E-state index contributed by atoms with van der Waals surface area (Å²) in [6.07, 6.45) is 0. The fraction of sp³-hybridized carbons (Fsp3) is 0.125. The van der Waals surface area contributed by atoms with E-state index in [9.17, 15) is 0 Å². The first-order valence-electron chi connectivity index (χ1n) is 3.35. The summed E-state index contributed by atoms with van der Waals surface area (Å²) in [5.41, 5.74) is 1.24. The normalized spacial score (nSPS) is 13.1. The van der Waals surface area contributed by atoms with E-state index < -0.39 is 29.2 Å². The second-order valence-corrected chi connectivity index (χ2v) is 6.75. The van der Waals surface area contributed by atoms with E-state index >= 15 is 0 Å². The van der Waals surface area contributed by atoms with Crippen molar-refractivity contribution in [2.75, 3.05) is 0 Å². The van der Waals surface area contributed by atoms with Gasteiger partial charge in [-0.2, -0.15) is 0 Å². The molecule has 0 saturated carbocycles. The molecule has 1 aromatic rings. The molecule has 0 unspecified atom stereocenters. The molecule has 10 heavy (non-hydrogen) atoms. The Labute approximate surface area is 75.5 Å². The Hall–Kier alpha value is -0.00610. The third-order valence-electron chi connectivity index (χ3n) is 1.60. The summed E-state index contributed by atoms with van der Waals surface area (Å²) in [4.78, 5) is 4.45. The Morgan fingerprint density at radius 2 is 2.10 bits per heavy atom. The maximum atomic E-state index is 4.45. The van der Waals surface area contributed by atoms with Gasteiger partial charge < -0.3 is 0 Å². The molecule has 1 aromatic carbocycles. The van der Waals surface area contributed by atoms with Crippen LogP contribution in [0.2, 0.25) is 0 Å². The molecule has 0 N–H and O–H groups in total. The molecule has 0 spiro atoms. The molecular formula is C8H7NY. The van der Waals surface area contributed by atoms with Gasteiger partial charge in [0.15, 0.2) is 0 Å². The van der Waals surface area contributed by atoms with E-state index in [0.29, 0.717) is 0 Å². The minimum absolute atomic E-state index is 0.565. The van der Waals surface area contributed by atoms with Crippen molar-refractivity contribution in [3.63, 3.8) is 0 Å². The number of nitrogens with zero attached hydrogens (tertiary/aromatic N) is 1. The van der Waals surface area contributed by atoms with Crippen LogP contribution in [0.15, 0.2) is 29.3 Å². The van der Waals surface area contributed by atoms with Crippen LogP contribution in [-0.4, -0.2) is 2.52 Å². The molecule has 0 amide bonds. The van der Waals surface area contributed by atoms with Gasteiger partial charge >= 0.3 is 76.0 Å². The number of fused-ring (bicyclic) bond motifs is 1. The Bertz CT molecular complexity index is 291. The van der Waals surface area contributed by atoms with Crippen molar-refractivity contribution in [2.45, 2.75) is 6.92 Å². The van der Waals surface area contributed by atoms with Crippen LogP contribution >= 0.6 is 0 Å². The van der Waals surface area contributed by atoms with E-state index in [0.717, 1.165) is 0 Å². The molecule has 1 aliphatic rings. The quantitative estimate of drug-likeness (QED) is 0.609. The van der Waals surface area contributed by atoms with E-state index in [1.807, 2.05) is 0 Å². The van der Waals surface area contributed by atoms with Gasteiger partial charge in [0.05, 0.1) is 0 Å². The van der Waals surface area contributed by atoms with E-state index in [-0.39, 0.29) is 0 Å². The summed E-state index contributed by atoms with van der Waals surface area (Å²) in [5.74, 6) is 0. The molecule has 0 radical (unpaired) electrons. The Morgan fingerprint density at radius 1 is 1.30 bits per heavy atom. The molecule has 0 aromatic heterocycles. The molecule has 1 heterocycles. The van der Waals surface area contributed by atoms with E-state index in [1.165, 1.54) is 8.21 Å². The van der Waals surface area contributed by atoms with Crippen LogP contribution in [0.3, 0.4) is 0 Å². The van der Waals surface area contributed by atoms with Gasteiger partial charge in [-0.05, 0) is 0 Å². The van der Waals surface area contributed by atoms with Crippen molar-refractivity contribution < 1.29 is 29.2 Å². The van der Waals surface area contributed by atoms with Crippen LogP contribution in [-0.2, 0) is 29.2 Å². The third kappa shape index (κ3) is 1.08. The van der Waals surface area contributed by atoms with Gasteiger partial charge in [-0.1, -0.05) is 0 Å². The van der Waals surface area contributed by atoms with Crippen LogP contribution in [0.25, 0.3) is 0 Å². The second kappa shape index (κ2) is 2.56. The summed E-state index contributed by atoms with van der Waals surface area (Å²) < 4.78 is 2.96. The Morgan fingerprint density at radius 3 is 2.90 bits per heavy atom. The molecule has 2 heteroatoms. The molecule has 0 atom stereocenters. The van der Waals surface area contributed by atoms with Crippen molar-refractivity contribution in [3.8, 4) is 0 Å². The van der Waals surface area contributed by atoms with E-state index in [1.54, 1.807) is 2.37 Å². The summed E-state index contributed by atoms with van der Waals surface area (Å²) in [5, 5.41) is 0. The van der Waals surface area contributed by atoms with Gasteiger partial charge in [-0.25, -0.2) is 0 Å². The second-order valence-electron chi connectivity index (χ2n) is 2.46. The number of hydrogen-bond acceptors (Lipinski definition) is 1. The summed E-state index contributed by atoms with van der Waals surface area (Å²) in [6.45, 7) is 2.15. The number of para-hydroxylation sites is 1. The predicted octanol–water partition coefficient (Wildman–Crippen LogP) is 1.46. The third-order valence-corrected chi connectivity index (χ3v) is 4.91. The van der Waals surface area contributed by atoms with Crippen LogP contribution < -0.4 is 2.37 Å². The zero-order valence-corrected chi connectivity index (χ0v) is 8.67. The van der Waals surface area contributed by atoms with Crippen LogP contribution in [0.1, 0.15) is 6.92 Å². The first-order valence-corrected chi connectivity index (χ1v) is 6.19. The van der Waals surface area contributed by atoms with Crippen LogP contribution in [0, 0.1) is 0 Å². The van der Waals surface area contributed by atoms with Crippen molar-refractivity contribution in [1.29, 1.82) is 0 Å². The molecule has 47 valence electrons. The molecule has 0 saturated heterocycles. The fourth-order valence-electron chi connectivity index (χ4n) is 1.16. The van der Waals surface area contributed by atoms with Gasteiger partial charge in [0.25, 0.3) is 0 Å². The Kier molecular flexibility index (Phi) is 1.71. The topological polar surface area (TPSA) is 12.4 Å². The van der Waals surface area contributed by atoms with Crippen molar-refractivity contribution in [1.82, 2.24) is 0 Å². The summed E-state index contributed by atoms with van der Waals surface area (Å²) >= 11 is -0.565. The average Bonchev–Trinajstić information content (AvgIpc) is 2.27. The first-order chi connectivity index (χ1) is 4.86. The van der Waals surface area contributed by atoms with Gasteiger partial charge in [-0.3, -0.25) is 0 Å². The molecule has 1 nitrogen and oxygen atoms in total.